The number of ether oxygens (including phenoxy) is 1. The van der Waals surface area contributed by atoms with Crippen LogP contribution in [0.4, 0.5) is 0 Å². The monoisotopic (exact) mass is 291 g/mol. The molecule has 0 heterocycles. The first-order valence-electron chi connectivity index (χ1n) is 7.32. The van der Waals surface area contributed by atoms with Gasteiger partial charge in [0.1, 0.15) is 5.75 Å². The topological polar surface area (TPSA) is 75.6 Å². The van der Waals surface area contributed by atoms with Gasteiger partial charge in [0.05, 0.1) is 5.92 Å². The minimum atomic E-state index is -0.779. The van der Waals surface area contributed by atoms with Gasteiger partial charge in [0.25, 0.3) is 5.91 Å². The quantitative estimate of drug-likeness (QED) is 0.840. The van der Waals surface area contributed by atoms with Crippen LogP contribution < -0.4 is 10.1 Å². The van der Waals surface area contributed by atoms with E-state index in [0.29, 0.717) is 25.0 Å². The summed E-state index contributed by atoms with van der Waals surface area (Å²) in [6, 6.07) is 7.60. The molecule has 2 atom stereocenters. The lowest BCUT2D eigenvalue weighted by Gasteiger charge is -2.13. The largest absolute Gasteiger partial charge is 0.484 e. The van der Waals surface area contributed by atoms with Crippen molar-refractivity contribution in [1.29, 1.82) is 0 Å². The van der Waals surface area contributed by atoms with Gasteiger partial charge in [-0.25, -0.2) is 0 Å². The van der Waals surface area contributed by atoms with E-state index < -0.39 is 5.97 Å². The fourth-order valence-corrected chi connectivity index (χ4v) is 2.58. The van der Waals surface area contributed by atoms with Crippen LogP contribution in [0.1, 0.15) is 31.7 Å². The van der Waals surface area contributed by atoms with Gasteiger partial charge in [-0.3, -0.25) is 9.59 Å². The summed E-state index contributed by atoms with van der Waals surface area (Å²) in [5.74, 6) is -0.653. The van der Waals surface area contributed by atoms with Crippen molar-refractivity contribution in [3.63, 3.8) is 0 Å². The Bertz CT molecular complexity index is 498. The van der Waals surface area contributed by atoms with E-state index in [4.69, 9.17) is 9.84 Å². The molecule has 1 aromatic carbocycles. The summed E-state index contributed by atoms with van der Waals surface area (Å²) in [4.78, 5) is 22.6. The van der Waals surface area contributed by atoms with Gasteiger partial charge in [-0.1, -0.05) is 19.1 Å². The molecule has 1 aliphatic carbocycles. The second-order valence-corrected chi connectivity index (χ2v) is 5.40. The van der Waals surface area contributed by atoms with Crippen molar-refractivity contribution in [3.8, 4) is 5.75 Å². The molecule has 0 aliphatic heterocycles. The van der Waals surface area contributed by atoms with Crippen LogP contribution in [-0.4, -0.2) is 29.6 Å². The maximum Gasteiger partial charge on any atom is 0.306 e. The zero-order valence-electron chi connectivity index (χ0n) is 12.2. The van der Waals surface area contributed by atoms with Crippen LogP contribution >= 0.6 is 0 Å². The average Bonchev–Trinajstić information content (AvgIpc) is 2.94. The molecule has 0 saturated heterocycles. The van der Waals surface area contributed by atoms with Gasteiger partial charge in [0.2, 0.25) is 0 Å². The number of carboxylic acid groups (broad SMARTS) is 1. The number of nitrogens with one attached hydrogen (secondary N) is 1. The summed E-state index contributed by atoms with van der Waals surface area (Å²) in [6.07, 6.45) is 2.81. The van der Waals surface area contributed by atoms with E-state index in [-0.39, 0.29) is 24.5 Å². The van der Waals surface area contributed by atoms with E-state index in [1.54, 1.807) is 0 Å². The van der Waals surface area contributed by atoms with Gasteiger partial charge < -0.3 is 15.2 Å². The van der Waals surface area contributed by atoms with Crippen molar-refractivity contribution < 1.29 is 19.4 Å². The average molecular weight is 291 g/mol. The predicted molar refractivity (Wildman–Crippen MR) is 78.2 cm³/mol. The van der Waals surface area contributed by atoms with Crippen LogP contribution in [-0.2, 0) is 16.0 Å². The molecule has 0 radical (unpaired) electrons. The highest BCUT2D eigenvalue weighted by Gasteiger charge is 2.30. The smallest absolute Gasteiger partial charge is 0.306 e. The molecule has 1 aromatic rings. The van der Waals surface area contributed by atoms with Crippen molar-refractivity contribution >= 4 is 11.9 Å². The Kier molecular flexibility index (Phi) is 5.20. The second-order valence-electron chi connectivity index (χ2n) is 5.40. The van der Waals surface area contributed by atoms with Gasteiger partial charge >= 0.3 is 5.97 Å². The predicted octanol–water partition coefficient (Wildman–Crippen LogP) is 2.00. The van der Waals surface area contributed by atoms with Gasteiger partial charge in [-0.15, -0.1) is 0 Å². The van der Waals surface area contributed by atoms with E-state index in [1.165, 1.54) is 5.56 Å². The second kappa shape index (κ2) is 7.11. The van der Waals surface area contributed by atoms with Crippen LogP contribution in [0, 0.1) is 5.92 Å². The lowest BCUT2D eigenvalue weighted by molar-refractivity contribution is -0.141. The normalized spacial score (nSPS) is 21.0. The lowest BCUT2D eigenvalue weighted by atomic mass is 10.1. The Balaban J connectivity index is 1.73. The van der Waals surface area contributed by atoms with E-state index in [0.717, 1.165) is 6.42 Å². The fourth-order valence-electron chi connectivity index (χ4n) is 2.58. The van der Waals surface area contributed by atoms with Crippen LogP contribution in [0.2, 0.25) is 0 Å². The number of rotatable bonds is 6. The minimum absolute atomic E-state index is 0.0420. The molecule has 0 spiro atoms. The third-order valence-electron chi connectivity index (χ3n) is 3.85. The van der Waals surface area contributed by atoms with E-state index >= 15 is 0 Å². The molecular formula is C16H21NO4. The summed E-state index contributed by atoms with van der Waals surface area (Å²) < 4.78 is 5.42. The van der Waals surface area contributed by atoms with Crippen LogP contribution in [0.25, 0.3) is 0 Å². The van der Waals surface area contributed by atoms with Crippen molar-refractivity contribution in [1.82, 2.24) is 5.32 Å². The number of hydrogen-bond donors (Lipinski definition) is 2. The number of carboxylic acids is 1. The Morgan fingerprint density at radius 2 is 2.00 bits per heavy atom. The molecule has 1 aliphatic rings. The first-order valence-corrected chi connectivity index (χ1v) is 7.32. The summed E-state index contributed by atoms with van der Waals surface area (Å²) in [6.45, 7) is 2.04. The van der Waals surface area contributed by atoms with Gasteiger partial charge in [0, 0.05) is 6.04 Å². The van der Waals surface area contributed by atoms with Crippen molar-refractivity contribution in [2.24, 2.45) is 5.92 Å². The zero-order valence-corrected chi connectivity index (χ0v) is 12.2. The number of aryl methyl sites for hydroxylation is 1. The number of hydrogen-bond acceptors (Lipinski definition) is 3. The number of benzene rings is 1. The first kappa shape index (κ1) is 15.4. The maximum absolute atomic E-state index is 11.8. The Hall–Kier alpha value is -2.04. The van der Waals surface area contributed by atoms with Crippen LogP contribution in [0.5, 0.6) is 5.75 Å². The molecule has 2 N–H and O–H groups in total. The maximum atomic E-state index is 11.8. The lowest BCUT2D eigenvalue weighted by Crippen LogP contribution is -2.36. The van der Waals surface area contributed by atoms with Gasteiger partial charge in [-0.05, 0) is 43.4 Å². The highest BCUT2D eigenvalue weighted by molar-refractivity contribution is 5.78. The first-order chi connectivity index (χ1) is 10.1. The van der Waals surface area contributed by atoms with E-state index in [1.807, 2.05) is 24.3 Å². The number of carbonyl (C=O) groups is 2. The Labute approximate surface area is 124 Å². The third-order valence-corrected chi connectivity index (χ3v) is 3.85. The molecule has 2 unspecified atom stereocenters. The van der Waals surface area contributed by atoms with E-state index in [2.05, 4.69) is 12.2 Å². The molecule has 0 bridgehead atoms. The van der Waals surface area contributed by atoms with E-state index in [9.17, 15) is 9.59 Å². The summed E-state index contributed by atoms with van der Waals surface area (Å²) >= 11 is 0. The summed E-state index contributed by atoms with van der Waals surface area (Å²) in [7, 11) is 0. The molecule has 21 heavy (non-hydrogen) atoms. The Morgan fingerprint density at radius 1 is 1.29 bits per heavy atom. The van der Waals surface area contributed by atoms with Gasteiger partial charge in [-0.2, -0.15) is 0 Å². The van der Waals surface area contributed by atoms with Gasteiger partial charge in [0.15, 0.2) is 6.61 Å². The number of carbonyl (C=O) groups excluding carboxylic acids is 1. The SMILES string of the molecule is CCc1ccc(OCC(=O)NC2CCC(C(=O)O)C2)cc1. The summed E-state index contributed by atoms with van der Waals surface area (Å²) in [5, 5.41) is 11.8. The fraction of sp³-hybridized carbons (Fsp3) is 0.500. The molecule has 1 amide bonds. The molecule has 0 aromatic heterocycles. The minimum Gasteiger partial charge on any atom is -0.484 e. The van der Waals surface area contributed by atoms with Crippen molar-refractivity contribution in [3.05, 3.63) is 29.8 Å². The molecule has 1 fully saturated rings. The standard InChI is InChI=1S/C16H21NO4/c1-2-11-3-7-14(8-4-11)21-10-15(18)17-13-6-5-12(9-13)16(19)20/h3-4,7-8,12-13H,2,5-6,9-10H2,1H3,(H,17,18)(H,19,20). The van der Waals surface area contributed by atoms with Crippen molar-refractivity contribution in [2.75, 3.05) is 6.61 Å². The summed E-state index contributed by atoms with van der Waals surface area (Å²) in [5.41, 5.74) is 1.22. The third kappa shape index (κ3) is 4.48. The van der Waals surface area contributed by atoms with Crippen molar-refractivity contribution in [2.45, 2.75) is 38.6 Å². The molecule has 2 rings (SSSR count). The zero-order chi connectivity index (χ0) is 15.2. The molecule has 5 nitrogen and oxygen atoms in total. The highest BCUT2D eigenvalue weighted by Crippen LogP contribution is 2.25. The molecule has 114 valence electrons. The molecule has 1 saturated carbocycles. The molecular weight excluding hydrogens is 270 g/mol. The number of aliphatic carboxylic acids is 1. The Morgan fingerprint density at radius 3 is 2.57 bits per heavy atom. The van der Waals surface area contributed by atoms with Crippen LogP contribution in [0.15, 0.2) is 24.3 Å². The highest BCUT2D eigenvalue weighted by atomic mass is 16.5. The molecule has 5 heteroatoms. The van der Waals surface area contributed by atoms with Crippen LogP contribution in [0.3, 0.4) is 0 Å². The number of amides is 1.